The molecule has 2 aromatic rings. The van der Waals surface area contributed by atoms with Gasteiger partial charge < -0.3 is 19.5 Å². The van der Waals surface area contributed by atoms with Crippen LogP contribution >= 0.6 is 27.5 Å². The molecule has 1 saturated heterocycles. The van der Waals surface area contributed by atoms with Gasteiger partial charge in [-0.2, -0.15) is 0 Å². The Labute approximate surface area is 158 Å². The molecule has 0 spiro atoms. The number of amides is 2. The van der Waals surface area contributed by atoms with Crippen molar-refractivity contribution in [2.24, 2.45) is 0 Å². The number of nitrogens with zero attached hydrogens (tertiary/aromatic N) is 2. The predicted octanol–water partition coefficient (Wildman–Crippen LogP) is 3.34. The van der Waals surface area contributed by atoms with Gasteiger partial charge in [0.15, 0.2) is 10.4 Å². The number of hydrogen-bond donors (Lipinski definition) is 1. The molecule has 1 aromatic carbocycles. The molecule has 0 atom stereocenters. The molecule has 8 heteroatoms. The Kier molecular flexibility index (Phi) is 5.46. The highest BCUT2D eigenvalue weighted by molar-refractivity contribution is 9.10. The number of furan rings is 1. The number of carbonyl (C=O) groups is 2. The predicted molar refractivity (Wildman–Crippen MR) is 99.2 cm³/mol. The van der Waals surface area contributed by atoms with Gasteiger partial charge >= 0.3 is 0 Å². The van der Waals surface area contributed by atoms with Crippen LogP contribution in [0, 0.1) is 0 Å². The molecule has 0 radical (unpaired) electrons. The van der Waals surface area contributed by atoms with Gasteiger partial charge in [0.2, 0.25) is 0 Å². The van der Waals surface area contributed by atoms with Crippen molar-refractivity contribution < 1.29 is 14.0 Å². The number of halogens is 2. The van der Waals surface area contributed by atoms with Gasteiger partial charge in [0, 0.05) is 31.7 Å². The summed E-state index contributed by atoms with van der Waals surface area (Å²) in [5, 5.41) is 3.04. The third kappa shape index (κ3) is 4.23. The molecule has 6 nitrogen and oxygen atoms in total. The van der Waals surface area contributed by atoms with Crippen molar-refractivity contribution in [3.8, 4) is 0 Å². The highest BCUT2D eigenvalue weighted by atomic mass is 79.9. The van der Waals surface area contributed by atoms with E-state index in [1.165, 1.54) is 0 Å². The van der Waals surface area contributed by atoms with Crippen molar-refractivity contribution in [2.45, 2.75) is 0 Å². The van der Waals surface area contributed by atoms with E-state index in [0.29, 0.717) is 34.0 Å². The molecule has 1 fully saturated rings. The molecule has 25 heavy (non-hydrogen) atoms. The topological polar surface area (TPSA) is 65.8 Å². The highest BCUT2D eigenvalue weighted by Crippen LogP contribution is 2.25. The normalized spacial score (nSPS) is 15.2. The Bertz CT molecular complexity index is 800. The largest absolute Gasteiger partial charge is 0.444 e. The van der Waals surface area contributed by atoms with Crippen LogP contribution in [0.15, 0.2) is 39.4 Å². The van der Waals surface area contributed by atoms with Crippen LogP contribution in [0.2, 0.25) is 5.02 Å². The summed E-state index contributed by atoms with van der Waals surface area (Å²) in [6, 6.07) is 8.05. The summed E-state index contributed by atoms with van der Waals surface area (Å²) in [5.74, 6) is -0.350. The monoisotopic (exact) mass is 425 g/mol. The van der Waals surface area contributed by atoms with Crippen LogP contribution in [-0.2, 0) is 0 Å². The van der Waals surface area contributed by atoms with Gasteiger partial charge in [-0.15, -0.1) is 0 Å². The summed E-state index contributed by atoms with van der Waals surface area (Å²) >= 11 is 9.31. The lowest BCUT2D eigenvalue weighted by Crippen LogP contribution is -2.47. The summed E-state index contributed by atoms with van der Waals surface area (Å²) in [7, 11) is 2.03. The van der Waals surface area contributed by atoms with Crippen LogP contribution in [0.4, 0.5) is 5.69 Å². The molecule has 0 unspecified atom stereocenters. The summed E-state index contributed by atoms with van der Waals surface area (Å²) in [6.45, 7) is 3.05. The highest BCUT2D eigenvalue weighted by Gasteiger charge is 2.21. The van der Waals surface area contributed by atoms with Gasteiger partial charge in [-0.25, -0.2) is 0 Å². The lowest BCUT2D eigenvalue weighted by atomic mass is 10.1. The number of anilines is 1. The summed E-state index contributed by atoms with van der Waals surface area (Å²) in [6.07, 6.45) is 0. The van der Waals surface area contributed by atoms with E-state index in [1.54, 1.807) is 35.2 Å². The maximum absolute atomic E-state index is 12.7. The quantitative estimate of drug-likeness (QED) is 0.817. The summed E-state index contributed by atoms with van der Waals surface area (Å²) in [4.78, 5) is 28.9. The number of benzene rings is 1. The van der Waals surface area contributed by atoms with Gasteiger partial charge in [-0.05, 0) is 53.3 Å². The maximum atomic E-state index is 12.7. The third-order valence-electron chi connectivity index (χ3n) is 4.05. The Morgan fingerprint density at radius 1 is 1.16 bits per heavy atom. The second-order valence-electron chi connectivity index (χ2n) is 5.85. The fourth-order valence-electron chi connectivity index (χ4n) is 2.57. The number of rotatable bonds is 3. The SMILES string of the molecule is CN1CCN(C(=O)c2ccc(Cl)c(NC(=O)c3ccc(Br)o3)c2)CC1. The number of likely N-dealkylation sites (N-methyl/N-ethyl adjacent to an activating group) is 1. The zero-order chi connectivity index (χ0) is 18.0. The number of hydrogen-bond acceptors (Lipinski definition) is 4. The smallest absolute Gasteiger partial charge is 0.291 e. The molecular weight excluding hydrogens is 410 g/mol. The van der Waals surface area contributed by atoms with E-state index in [1.807, 2.05) is 7.05 Å². The molecule has 2 heterocycles. The van der Waals surface area contributed by atoms with E-state index in [2.05, 4.69) is 26.1 Å². The van der Waals surface area contributed by atoms with Crippen LogP contribution in [0.1, 0.15) is 20.9 Å². The first-order valence-electron chi connectivity index (χ1n) is 7.78. The molecular formula is C17H17BrClN3O3. The lowest BCUT2D eigenvalue weighted by Gasteiger charge is -2.32. The molecule has 1 N–H and O–H groups in total. The first kappa shape index (κ1) is 18.0. The molecule has 1 aliphatic rings. The average Bonchev–Trinajstić information content (AvgIpc) is 3.03. The Morgan fingerprint density at radius 3 is 2.52 bits per heavy atom. The van der Waals surface area contributed by atoms with Crippen molar-refractivity contribution >= 4 is 45.0 Å². The van der Waals surface area contributed by atoms with E-state index >= 15 is 0 Å². The van der Waals surface area contributed by atoms with Crippen molar-refractivity contribution in [1.29, 1.82) is 0 Å². The van der Waals surface area contributed by atoms with Crippen LogP contribution < -0.4 is 5.32 Å². The van der Waals surface area contributed by atoms with Crippen molar-refractivity contribution in [3.05, 3.63) is 51.3 Å². The zero-order valence-corrected chi connectivity index (χ0v) is 15.9. The van der Waals surface area contributed by atoms with Gasteiger partial charge in [0.1, 0.15) is 0 Å². The number of carbonyl (C=O) groups excluding carboxylic acids is 2. The minimum atomic E-state index is -0.434. The van der Waals surface area contributed by atoms with E-state index < -0.39 is 5.91 Å². The first-order chi connectivity index (χ1) is 11.9. The van der Waals surface area contributed by atoms with E-state index in [9.17, 15) is 9.59 Å². The molecule has 3 rings (SSSR count). The second kappa shape index (κ2) is 7.59. The molecule has 1 aromatic heterocycles. The minimum absolute atomic E-state index is 0.0685. The molecule has 2 amide bonds. The van der Waals surface area contributed by atoms with Gasteiger partial charge in [0.05, 0.1) is 10.7 Å². The van der Waals surface area contributed by atoms with Crippen LogP contribution in [0.25, 0.3) is 0 Å². The number of nitrogens with one attached hydrogen (secondary N) is 1. The Morgan fingerprint density at radius 2 is 1.88 bits per heavy atom. The van der Waals surface area contributed by atoms with Gasteiger partial charge in [-0.1, -0.05) is 11.6 Å². The van der Waals surface area contributed by atoms with E-state index in [0.717, 1.165) is 13.1 Å². The van der Waals surface area contributed by atoms with Crippen LogP contribution in [0.3, 0.4) is 0 Å². The molecule has 132 valence electrons. The lowest BCUT2D eigenvalue weighted by molar-refractivity contribution is 0.0664. The fourth-order valence-corrected chi connectivity index (χ4v) is 3.04. The zero-order valence-electron chi connectivity index (χ0n) is 13.6. The van der Waals surface area contributed by atoms with E-state index in [4.69, 9.17) is 16.0 Å². The molecule has 1 aliphatic heterocycles. The van der Waals surface area contributed by atoms with Gasteiger partial charge in [-0.3, -0.25) is 9.59 Å². The van der Waals surface area contributed by atoms with Crippen LogP contribution in [-0.4, -0.2) is 54.8 Å². The third-order valence-corrected chi connectivity index (χ3v) is 4.80. The van der Waals surface area contributed by atoms with Crippen molar-refractivity contribution in [2.75, 3.05) is 38.5 Å². The van der Waals surface area contributed by atoms with Crippen LogP contribution in [0.5, 0.6) is 0 Å². The fraction of sp³-hybridized carbons (Fsp3) is 0.294. The average molecular weight is 427 g/mol. The first-order valence-corrected chi connectivity index (χ1v) is 8.95. The maximum Gasteiger partial charge on any atom is 0.291 e. The Balaban J connectivity index is 1.76. The standard InChI is InChI=1S/C17H17BrClN3O3/c1-21-6-8-22(9-7-21)17(24)11-2-3-12(19)13(10-11)20-16(23)14-4-5-15(18)25-14/h2-5,10H,6-9H2,1H3,(H,20,23). The Hall–Kier alpha value is -1.83. The second-order valence-corrected chi connectivity index (χ2v) is 7.04. The number of piperazine rings is 1. The summed E-state index contributed by atoms with van der Waals surface area (Å²) in [5.41, 5.74) is 0.865. The molecule has 0 saturated carbocycles. The summed E-state index contributed by atoms with van der Waals surface area (Å²) < 4.78 is 5.68. The van der Waals surface area contributed by atoms with Crippen molar-refractivity contribution in [3.63, 3.8) is 0 Å². The van der Waals surface area contributed by atoms with E-state index in [-0.39, 0.29) is 11.7 Å². The minimum Gasteiger partial charge on any atom is -0.444 e. The van der Waals surface area contributed by atoms with Gasteiger partial charge in [0.25, 0.3) is 11.8 Å². The molecule has 0 aliphatic carbocycles. The van der Waals surface area contributed by atoms with Crippen molar-refractivity contribution in [1.82, 2.24) is 9.80 Å². The molecule has 0 bridgehead atoms.